The number of benzene rings is 2. The first-order chi connectivity index (χ1) is 16.1. The van der Waals surface area contributed by atoms with Gasteiger partial charge in [-0.2, -0.15) is 0 Å². The molecule has 1 aromatic heterocycles. The highest BCUT2D eigenvalue weighted by atomic mass is 16.5. The number of para-hydroxylation sites is 1. The van der Waals surface area contributed by atoms with Crippen molar-refractivity contribution in [1.29, 1.82) is 0 Å². The van der Waals surface area contributed by atoms with Crippen LogP contribution in [-0.2, 0) is 11.2 Å². The fourth-order valence-corrected chi connectivity index (χ4v) is 3.95. The molecule has 1 amide bonds. The summed E-state index contributed by atoms with van der Waals surface area (Å²) in [6.07, 6.45) is 0.337. The first-order valence-corrected chi connectivity index (χ1v) is 10.8. The second-order valence-corrected chi connectivity index (χ2v) is 7.70. The van der Waals surface area contributed by atoms with Gasteiger partial charge >= 0.3 is 0 Å². The third-order valence-corrected chi connectivity index (χ3v) is 5.82. The molecule has 33 heavy (non-hydrogen) atoms. The second kappa shape index (κ2) is 10.2. The molecule has 1 aliphatic heterocycles. The molecule has 0 spiro atoms. The van der Waals surface area contributed by atoms with Crippen molar-refractivity contribution in [2.24, 2.45) is 0 Å². The maximum absolute atomic E-state index is 12.8. The average Bonchev–Trinajstić information content (AvgIpc) is 2.88. The first-order valence-electron chi connectivity index (χ1n) is 10.8. The SMILES string of the molecule is COc1ccccc1CC(=O)N1CCN(c2ccc(-c3ccc(OC)c(OC)c3)nn2)CC1. The van der Waals surface area contributed by atoms with Gasteiger partial charge in [-0.05, 0) is 36.4 Å². The summed E-state index contributed by atoms with van der Waals surface area (Å²) < 4.78 is 16.0. The number of carbonyl (C=O) groups excluding carboxylic acids is 1. The molecule has 1 fully saturated rings. The van der Waals surface area contributed by atoms with Crippen LogP contribution >= 0.6 is 0 Å². The summed E-state index contributed by atoms with van der Waals surface area (Å²) in [7, 11) is 4.84. The maximum Gasteiger partial charge on any atom is 0.227 e. The number of ether oxygens (including phenoxy) is 3. The molecule has 2 heterocycles. The lowest BCUT2D eigenvalue weighted by molar-refractivity contribution is -0.130. The lowest BCUT2D eigenvalue weighted by atomic mass is 10.1. The molecular formula is C25H28N4O4. The van der Waals surface area contributed by atoms with Crippen LogP contribution in [0.5, 0.6) is 17.2 Å². The molecule has 172 valence electrons. The van der Waals surface area contributed by atoms with E-state index in [1.165, 1.54) is 0 Å². The highest BCUT2D eigenvalue weighted by Crippen LogP contribution is 2.31. The molecule has 3 aromatic rings. The van der Waals surface area contributed by atoms with E-state index in [9.17, 15) is 4.79 Å². The Bertz CT molecular complexity index is 1100. The van der Waals surface area contributed by atoms with Crippen LogP contribution in [0, 0.1) is 0 Å². The highest BCUT2D eigenvalue weighted by Gasteiger charge is 2.23. The molecule has 0 radical (unpaired) electrons. The van der Waals surface area contributed by atoms with Gasteiger partial charge in [0.1, 0.15) is 5.75 Å². The zero-order chi connectivity index (χ0) is 23.2. The molecule has 8 heteroatoms. The van der Waals surface area contributed by atoms with Crippen LogP contribution in [-0.4, -0.2) is 68.5 Å². The number of hydrogen-bond donors (Lipinski definition) is 0. The van der Waals surface area contributed by atoms with Crippen molar-refractivity contribution in [3.05, 3.63) is 60.2 Å². The Morgan fingerprint density at radius 1 is 0.818 bits per heavy atom. The normalized spacial score (nSPS) is 13.5. The highest BCUT2D eigenvalue weighted by molar-refractivity contribution is 5.79. The summed E-state index contributed by atoms with van der Waals surface area (Å²) >= 11 is 0. The van der Waals surface area contributed by atoms with Crippen molar-refractivity contribution < 1.29 is 19.0 Å². The van der Waals surface area contributed by atoms with Gasteiger partial charge in [0.2, 0.25) is 5.91 Å². The number of amides is 1. The average molecular weight is 449 g/mol. The topological polar surface area (TPSA) is 77.0 Å². The van der Waals surface area contributed by atoms with E-state index in [0.717, 1.165) is 28.4 Å². The fraction of sp³-hybridized carbons (Fsp3) is 0.320. The molecule has 0 N–H and O–H groups in total. The van der Waals surface area contributed by atoms with Gasteiger partial charge in [0.25, 0.3) is 0 Å². The summed E-state index contributed by atoms with van der Waals surface area (Å²) in [5.41, 5.74) is 2.56. The van der Waals surface area contributed by atoms with E-state index < -0.39 is 0 Å². The Kier molecular flexibility index (Phi) is 6.92. The van der Waals surface area contributed by atoms with Gasteiger partial charge in [0.05, 0.1) is 33.4 Å². The van der Waals surface area contributed by atoms with Crippen LogP contribution in [0.2, 0.25) is 0 Å². The second-order valence-electron chi connectivity index (χ2n) is 7.70. The number of anilines is 1. The van der Waals surface area contributed by atoms with Gasteiger partial charge in [-0.25, -0.2) is 0 Å². The van der Waals surface area contributed by atoms with E-state index in [-0.39, 0.29) is 5.91 Å². The lowest BCUT2D eigenvalue weighted by Crippen LogP contribution is -2.49. The van der Waals surface area contributed by atoms with Gasteiger partial charge in [-0.1, -0.05) is 18.2 Å². The molecule has 8 nitrogen and oxygen atoms in total. The molecule has 0 saturated carbocycles. The monoisotopic (exact) mass is 448 g/mol. The molecular weight excluding hydrogens is 420 g/mol. The number of rotatable bonds is 7. The summed E-state index contributed by atoms with van der Waals surface area (Å²) in [5, 5.41) is 8.82. The Hall–Kier alpha value is -3.81. The van der Waals surface area contributed by atoms with Gasteiger partial charge in [-0.3, -0.25) is 4.79 Å². The predicted molar refractivity (Wildman–Crippen MR) is 126 cm³/mol. The van der Waals surface area contributed by atoms with Crippen LogP contribution in [0.4, 0.5) is 5.82 Å². The van der Waals surface area contributed by atoms with Crippen LogP contribution < -0.4 is 19.1 Å². The van der Waals surface area contributed by atoms with Crippen LogP contribution in [0.3, 0.4) is 0 Å². The van der Waals surface area contributed by atoms with Crippen molar-refractivity contribution >= 4 is 11.7 Å². The smallest absolute Gasteiger partial charge is 0.227 e. The number of aromatic nitrogens is 2. The van der Waals surface area contributed by atoms with E-state index in [4.69, 9.17) is 14.2 Å². The standard InChI is InChI=1S/C25H28N4O4/c1-31-21-7-5-4-6-19(21)17-25(30)29-14-12-28(13-15-29)24-11-9-20(26-27-24)18-8-10-22(32-2)23(16-18)33-3/h4-11,16H,12-15,17H2,1-3H3. The lowest BCUT2D eigenvalue weighted by Gasteiger charge is -2.35. The van der Waals surface area contributed by atoms with E-state index >= 15 is 0 Å². The number of methoxy groups -OCH3 is 3. The van der Waals surface area contributed by atoms with Crippen molar-refractivity contribution in [3.63, 3.8) is 0 Å². The number of hydrogen-bond acceptors (Lipinski definition) is 7. The minimum atomic E-state index is 0.106. The van der Waals surface area contributed by atoms with Gasteiger partial charge in [-0.15, -0.1) is 10.2 Å². The zero-order valence-electron chi connectivity index (χ0n) is 19.2. The molecule has 0 bridgehead atoms. The van der Waals surface area contributed by atoms with Gasteiger partial charge < -0.3 is 24.0 Å². The largest absolute Gasteiger partial charge is 0.496 e. The van der Waals surface area contributed by atoms with Gasteiger partial charge in [0, 0.05) is 37.3 Å². The first kappa shape index (κ1) is 22.4. The maximum atomic E-state index is 12.8. The predicted octanol–water partition coefficient (Wildman–Crippen LogP) is 3.06. The van der Waals surface area contributed by atoms with Crippen molar-refractivity contribution in [3.8, 4) is 28.5 Å². The van der Waals surface area contributed by atoms with Crippen molar-refractivity contribution in [2.45, 2.75) is 6.42 Å². The van der Waals surface area contributed by atoms with Crippen LogP contribution in [0.25, 0.3) is 11.3 Å². The van der Waals surface area contributed by atoms with E-state index in [0.29, 0.717) is 44.1 Å². The third-order valence-electron chi connectivity index (χ3n) is 5.82. The molecule has 0 unspecified atom stereocenters. The zero-order valence-corrected chi connectivity index (χ0v) is 19.2. The van der Waals surface area contributed by atoms with Crippen LogP contribution in [0.15, 0.2) is 54.6 Å². The molecule has 1 saturated heterocycles. The molecule has 4 rings (SSSR count). The summed E-state index contributed by atoms with van der Waals surface area (Å²) in [4.78, 5) is 16.8. The molecule has 2 aromatic carbocycles. The Morgan fingerprint density at radius 2 is 1.55 bits per heavy atom. The molecule has 0 atom stereocenters. The molecule has 0 aliphatic carbocycles. The van der Waals surface area contributed by atoms with Crippen molar-refractivity contribution in [2.75, 3.05) is 52.4 Å². The van der Waals surface area contributed by atoms with E-state index in [1.807, 2.05) is 59.5 Å². The Morgan fingerprint density at radius 3 is 2.21 bits per heavy atom. The van der Waals surface area contributed by atoms with Crippen LogP contribution in [0.1, 0.15) is 5.56 Å². The Labute approximate surface area is 193 Å². The molecule has 1 aliphatic rings. The van der Waals surface area contributed by atoms with Crippen molar-refractivity contribution in [1.82, 2.24) is 15.1 Å². The third kappa shape index (κ3) is 5.00. The minimum Gasteiger partial charge on any atom is -0.496 e. The van der Waals surface area contributed by atoms with Gasteiger partial charge in [0.15, 0.2) is 17.3 Å². The Balaban J connectivity index is 1.37. The minimum absolute atomic E-state index is 0.106. The van der Waals surface area contributed by atoms with E-state index in [2.05, 4.69) is 15.1 Å². The summed E-state index contributed by atoms with van der Waals surface area (Å²) in [6.45, 7) is 2.71. The summed E-state index contributed by atoms with van der Waals surface area (Å²) in [5.74, 6) is 2.97. The fourth-order valence-electron chi connectivity index (χ4n) is 3.95. The number of carbonyl (C=O) groups is 1. The quantitative estimate of drug-likeness (QED) is 0.550. The van der Waals surface area contributed by atoms with E-state index in [1.54, 1.807) is 21.3 Å². The number of piperazine rings is 1. The number of nitrogens with zero attached hydrogens (tertiary/aromatic N) is 4. The summed E-state index contributed by atoms with van der Waals surface area (Å²) in [6, 6.07) is 17.2.